The van der Waals surface area contributed by atoms with E-state index in [0.717, 1.165) is 6.92 Å². The first-order valence-electron chi connectivity index (χ1n) is 12.3. The molecule has 0 bridgehead atoms. The molecule has 0 saturated heterocycles. The zero-order valence-electron chi connectivity index (χ0n) is 22.5. The van der Waals surface area contributed by atoms with Crippen LogP contribution in [0.15, 0.2) is 88.2 Å². The molecule has 0 aliphatic rings. The van der Waals surface area contributed by atoms with Gasteiger partial charge in [-0.15, -0.1) is 0 Å². The fraction of sp³-hybridized carbons (Fsp3) is 0.138. The summed E-state index contributed by atoms with van der Waals surface area (Å²) in [6.07, 6.45) is 0. The quantitative estimate of drug-likeness (QED) is 0.190. The summed E-state index contributed by atoms with van der Waals surface area (Å²) in [5.41, 5.74) is 1.10. The number of rotatable bonds is 9. The van der Waals surface area contributed by atoms with Gasteiger partial charge in [0.2, 0.25) is 5.91 Å². The van der Waals surface area contributed by atoms with Gasteiger partial charge in [0.1, 0.15) is 23.0 Å². The van der Waals surface area contributed by atoms with Gasteiger partial charge in [-0.25, -0.2) is 12.7 Å². The van der Waals surface area contributed by atoms with Crippen LogP contribution in [0.1, 0.15) is 30.0 Å². The van der Waals surface area contributed by atoms with Crippen molar-refractivity contribution in [1.82, 2.24) is 0 Å². The number of sulfonamides is 1. The predicted molar refractivity (Wildman–Crippen MR) is 148 cm³/mol. The molecule has 0 saturated carbocycles. The second kappa shape index (κ2) is 12.2. The molecule has 0 fully saturated rings. The minimum Gasteiger partial charge on any atom is -0.461 e. The Hall–Kier alpha value is -5.04. The van der Waals surface area contributed by atoms with Crippen molar-refractivity contribution in [3.8, 4) is 22.8 Å². The fourth-order valence-corrected chi connectivity index (χ4v) is 5.40. The van der Waals surface area contributed by atoms with E-state index in [1.807, 2.05) is 0 Å². The number of benzene rings is 3. The number of carbonyl (C=O) groups is 3. The Kier molecular flexibility index (Phi) is 8.71. The van der Waals surface area contributed by atoms with Gasteiger partial charge in [-0.05, 0) is 85.8 Å². The van der Waals surface area contributed by atoms with Crippen LogP contribution in [0.25, 0.3) is 11.3 Å². The number of alkyl halides is 2. The molecule has 218 valence electrons. The molecule has 0 atom stereocenters. The summed E-state index contributed by atoms with van der Waals surface area (Å²) in [7, 11) is -4.32. The number of hydrogen-bond acceptors (Lipinski definition) is 8. The second-order valence-electron chi connectivity index (χ2n) is 8.84. The monoisotopic (exact) mass is 598 g/mol. The first-order chi connectivity index (χ1) is 19.8. The van der Waals surface area contributed by atoms with Crippen LogP contribution in [0, 0.1) is 6.92 Å². The van der Waals surface area contributed by atoms with Crippen LogP contribution in [0.3, 0.4) is 0 Å². The molecule has 0 aliphatic heterocycles. The van der Waals surface area contributed by atoms with Gasteiger partial charge < -0.3 is 19.2 Å². The Morgan fingerprint density at radius 1 is 0.881 bits per heavy atom. The predicted octanol–water partition coefficient (Wildman–Crippen LogP) is 5.78. The smallest absolute Gasteiger partial charge is 0.387 e. The number of carbonyl (C=O) groups excluding carboxylic acids is 3. The van der Waals surface area contributed by atoms with E-state index in [2.05, 4.69) is 10.1 Å². The number of esters is 1. The molecular weight excluding hydrogens is 574 g/mol. The molecule has 2 amide bonds. The summed E-state index contributed by atoms with van der Waals surface area (Å²) in [5, 5.41) is 2.69. The number of amides is 2. The highest BCUT2D eigenvalue weighted by atomic mass is 32.2. The van der Waals surface area contributed by atoms with Crippen molar-refractivity contribution in [2.75, 3.05) is 9.62 Å². The number of furan rings is 1. The summed E-state index contributed by atoms with van der Waals surface area (Å²) < 4.78 is 66.8. The third-order valence-electron chi connectivity index (χ3n) is 5.80. The van der Waals surface area contributed by atoms with Gasteiger partial charge in [0.05, 0.1) is 16.1 Å². The topological polar surface area (TPSA) is 132 Å². The standard InChI is InChI=1S/C29H24F2N2O8S/c1-17-26(16-27(39-17)20-4-10-24(11-5-20)41-29(30)31)28(36)32-21-6-8-22(9-7-21)33(18(2)34)42(37,38)25-14-12-23(13-15-25)40-19(3)35/h4-16,29H,1-3H3,(H,32,36). The van der Waals surface area contributed by atoms with Crippen LogP contribution in [-0.4, -0.2) is 32.8 Å². The molecule has 4 rings (SSSR count). The van der Waals surface area contributed by atoms with Crippen molar-refractivity contribution in [2.45, 2.75) is 32.3 Å². The lowest BCUT2D eigenvalue weighted by molar-refractivity contribution is -0.131. The SMILES string of the molecule is CC(=O)Oc1ccc(S(=O)(=O)N(C(C)=O)c2ccc(NC(=O)c3cc(-c4ccc(OC(F)F)cc4)oc3C)cc2)cc1. The minimum atomic E-state index is -4.32. The van der Waals surface area contributed by atoms with E-state index in [1.165, 1.54) is 85.8 Å². The lowest BCUT2D eigenvalue weighted by Gasteiger charge is -2.21. The fourth-order valence-electron chi connectivity index (χ4n) is 3.97. The highest BCUT2D eigenvalue weighted by Gasteiger charge is 2.29. The van der Waals surface area contributed by atoms with Gasteiger partial charge in [-0.1, -0.05) is 0 Å². The average Bonchev–Trinajstić information content (AvgIpc) is 3.31. The summed E-state index contributed by atoms with van der Waals surface area (Å²) in [6.45, 7) is 0.942. The van der Waals surface area contributed by atoms with Gasteiger partial charge in [0, 0.05) is 25.1 Å². The molecule has 3 aromatic carbocycles. The summed E-state index contributed by atoms with van der Waals surface area (Å²) in [6, 6.07) is 17.8. The Labute approximate surface area is 239 Å². The molecule has 0 spiro atoms. The Bertz CT molecular complexity index is 1720. The van der Waals surface area contributed by atoms with Crippen molar-refractivity contribution in [3.05, 3.63) is 90.2 Å². The molecule has 0 unspecified atom stereocenters. The van der Waals surface area contributed by atoms with E-state index in [0.29, 0.717) is 27.1 Å². The normalized spacial score (nSPS) is 11.2. The summed E-state index contributed by atoms with van der Waals surface area (Å²) >= 11 is 0. The van der Waals surface area contributed by atoms with Crippen molar-refractivity contribution in [2.24, 2.45) is 0 Å². The largest absolute Gasteiger partial charge is 0.461 e. The third kappa shape index (κ3) is 6.81. The Balaban J connectivity index is 1.50. The van der Waals surface area contributed by atoms with E-state index in [4.69, 9.17) is 9.15 Å². The van der Waals surface area contributed by atoms with Crippen LogP contribution < -0.4 is 19.1 Å². The Morgan fingerprint density at radius 2 is 1.48 bits per heavy atom. The van der Waals surface area contributed by atoms with E-state index in [9.17, 15) is 31.6 Å². The van der Waals surface area contributed by atoms with Crippen molar-refractivity contribution in [3.63, 3.8) is 0 Å². The molecule has 4 aromatic rings. The highest BCUT2D eigenvalue weighted by molar-refractivity contribution is 7.93. The summed E-state index contributed by atoms with van der Waals surface area (Å²) in [5.74, 6) is -1.09. The van der Waals surface area contributed by atoms with Crippen molar-refractivity contribution >= 4 is 39.2 Å². The van der Waals surface area contributed by atoms with Crippen LogP contribution in [0.5, 0.6) is 11.5 Å². The zero-order valence-corrected chi connectivity index (χ0v) is 23.3. The molecular formula is C29H24F2N2O8S. The van der Waals surface area contributed by atoms with E-state index >= 15 is 0 Å². The number of hydrogen-bond donors (Lipinski definition) is 1. The molecule has 10 nitrogen and oxygen atoms in total. The van der Waals surface area contributed by atoms with Crippen LogP contribution >= 0.6 is 0 Å². The van der Waals surface area contributed by atoms with E-state index in [-0.39, 0.29) is 27.6 Å². The maximum Gasteiger partial charge on any atom is 0.387 e. The number of halogens is 2. The average molecular weight is 599 g/mol. The minimum absolute atomic E-state index is 0.0215. The van der Waals surface area contributed by atoms with Gasteiger partial charge in [0.25, 0.3) is 15.9 Å². The van der Waals surface area contributed by atoms with Crippen molar-refractivity contribution < 1.29 is 45.5 Å². The lowest BCUT2D eigenvalue weighted by Crippen LogP contribution is -2.35. The third-order valence-corrected chi connectivity index (χ3v) is 7.61. The number of anilines is 2. The lowest BCUT2D eigenvalue weighted by atomic mass is 10.1. The first kappa shape index (κ1) is 29.9. The Morgan fingerprint density at radius 3 is 2.02 bits per heavy atom. The number of aryl methyl sites for hydroxylation is 1. The van der Waals surface area contributed by atoms with Crippen LogP contribution in [0.2, 0.25) is 0 Å². The van der Waals surface area contributed by atoms with Gasteiger partial charge in [0.15, 0.2) is 0 Å². The molecule has 1 heterocycles. The van der Waals surface area contributed by atoms with Gasteiger partial charge >= 0.3 is 12.6 Å². The molecule has 1 N–H and O–H groups in total. The summed E-state index contributed by atoms with van der Waals surface area (Å²) in [4.78, 5) is 36.3. The van der Waals surface area contributed by atoms with Crippen molar-refractivity contribution in [1.29, 1.82) is 0 Å². The maximum absolute atomic E-state index is 13.3. The maximum atomic E-state index is 13.3. The zero-order chi connectivity index (χ0) is 30.6. The number of ether oxygens (including phenoxy) is 2. The number of nitrogens with one attached hydrogen (secondary N) is 1. The molecule has 42 heavy (non-hydrogen) atoms. The van der Waals surface area contributed by atoms with Gasteiger partial charge in [-0.3, -0.25) is 14.4 Å². The highest BCUT2D eigenvalue weighted by Crippen LogP contribution is 2.30. The first-order valence-corrected chi connectivity index (χ1v) is 13.7. The molecule has 0 radical (unpaired) electrons. The molecule has 13 heteroatoms. The van der Waals surface area contributed by atoms with E-state index < -0.39 is 34.4 Å². The van der Waals surface area contributed by atoms with Gasteiger partial charge in [-0.2, -0.15) is 8.78 Å². The van der Waals surface area contributed by atoms with E-state index in [1.54, 1.807) is 6.92 Å². The van der Waals surface area contributed by atoms with Crippen LogP contribution in [0.4, 0.5) is 20.2 Å². The number of nitrogens with zero attached hydrogens (tertiary/aromatic N) is 1. The van der Waals surface area contributed by atoms with Crippen LogP contribution in [-0.2, 0) is 19.6 Å². The second-order valence-corrected chi connectivity index (χ2v) is 10.6. The molecule has 0 aliphatic carbocycles. The molecule has 1 aromatic heterocycles.